The first kappa shape index (κ1) is 53.4. The molecule has 0 aliphatic carbocycles. The second-order valence-electron chi connectivity index (χ2n) is 22.9. The average molecular weight is 961 g/mol. The molecule has 12 nitrogen and oxygen atoms in total. The van der Waals surface area contributed by atoms with Gasteiger partial charge in [0.25, 0.3) is 0 Å². The third-order valence-corrected chi connectivity index (χ3v) is 11.4. The van der Waals surface area contributed by atoms with Crippen LogP contribution in [0.4, 0.5) is 22.7 Å². The van der Waals surface area contributed by atoms with Crippen molar-refractivity contribution in [2.45, 2.75) is 45.4 Å². The number of aliphatic imine (C=N–C) groups is 4. The molecule has 0 unspecified atom stereocenters. The van der Waals surface area contributed by atoms with Crippen molar-refractivity contribution in [3.05, 3.63) is 165 Å². The molecule has 6 aromatic carbocycles. The summed E-state index contributed by atoms with van der Waals surface area (Å²) in [6, 6.07) is 34.7. The van der Waals surface area contributed by atoms with Gasteiger partial charge in [0.1, 0.15) is 49.2 Å². The molecule has 0 heterocycles. The molecule has 6 aromatic rings. The zero-order chi connectivity index (χ0) is 51.7. The zero-order valence-corrected chi connectivity index (χ0v) is 44.0. The van der Waals surface area contributed by atoms with E-state index in [0.29, 0.717) is 45.0 Å². The monoisotopic (exact) mass is 961 g/mol. The number of rotatable bonds is 20. The van der Waals surface area contributed by atoms with Gasteiger partial charge in [-0.3, -0.25) is 20.0 Å². The molecular weight excluding hydrogens is 885 g/mol. The summed E-state index contributed by atoms with van der Waals surface area (Å²) in [7, 11) is 25.6. The number of hydrogen-bond donors (Lipinski definition) is 4. The van der Waals surface area contributed by atoms with Gasteiger partial charge in [0, 0.05) is 69.4 Å². The first-order valence-electron chi connectivity index (χ1n) is 24.2. The minimum Gasteiger partial charge on any atom is -0.507 e. The number of phenols is 4. The van der Waals surface area contributed by atoms with Crippen LogP contribution in [0.1, 0.15) is 62.1 Å². The van der Waals surface area contributed by atoms with E-state index in [-0.39, 0.29) is 23.0 Å². The number of aryl methyl sites for hydroxylation is 2. The van der Waals surface area contributed by atoms with E-state index in [2.05, 4.69) is 96.7 Å². The standard InChI is InChI=1S/C59H72N8O4/c1-64(2,3)38-44-18-24-56(68)48(28-44)34-60-52-22-16-42(32-54(52)62-36-50-30-46(20-26-58(50)70)40-66(7,8)9)14-13-15-43-17-23-53(61-35-49-29-45(19-25-57(49)69)39-65(4,5)6)55(33-43)63-37-51-31-47(21-27-59(51)71)41-67(10,11)12/h16-37H,13-15,38-41H2,1-12H3/p+4. The van der Waals surface area contributed by atoms with Crippen molar-refractivity contribution >= 4 is 47.6 Å². The van der Waals surface area contributed by atoms with E-state index in [0.717, 1.165) is 96.8 Å². The van der Waals surface area contributed by atoms with E-state index >= 15 is 0 Å². The smallest absolute Gasteiger partial charge is 0.124 e. The lowest BCUT2D eigenvalue weighted by Gasteiger charge is -2.24. The highest BCUT2D eigenvalue weighted by Gasteiger charge is 2.15. The summed E-state index contributed by atoms with van der Waals surface area (Å²) in [6.45, 7) is 3.17. The molecule has 0 amide bonds. The van der Waals surface area contributed by atoms with E-state index in [4.69, 9.17) is 20.0 Å². The maximum atomic E-state index is 10.9. The molecule has 0 bridgehead atoms. The third kappa shape index (κ3) is 17.1. The van der Waals surface area contributed by atoms with Gasteiger partial charge in [0.15, 0.2) is 0 Å². The molecule has 0 aliphatic heterocycles. The predicted octanol–water partition coefficient (Wildman–Crippen LogP) is 10.5. The lowest BCUT2D eigenvalue weighted by molar-refractivity contribution is -0.884. The lowest BCUT2D eigenvalue weighted by Crippen LogP contribution is -2.33. The van der Waals surface area contributed by atoms with Gasteiger partial charge >= 0.3 is 0 Å². The number of hydrogen-bond acceptors (Lipinski definition) is 8. The van der Waals surface area contributed by atoms with Crippen molar-refractivity contribution in [2.75, 3.05) is 84.6 Å². The molecule has 0 saturated carbocycles. The molecule has 372 valence electrons. The molecule has 0 aromatic heterocycles. The fraction of sp³-hybridized carbons (Fsp3) is 0.322. The van der Waals surface area contributed by atoms with Crippen LogP contribution in [0.2, 0.25) is 0 Å². The summed E-state index contributed by atoms with van der Waals surface area (Å²) in [6.07, 6.45) is 9.08. The molecule has 4 N–H and O–H groups in total. The van der Waals surface area contributed by atoms with Crippen molar-refractivity contribution in [1.82, 2.24) is 0 Å². The van der Waals surface area contributed by atoms with Gasteiger partial charge in [-0.05, 0) is 127 Å². The summed E-state index contributed by atoms with van der Waals surface area (Å²) in [5, 5.41) is 43.4. The van der Waals surface area contributed by atoms with Gasteiger partial charge in [0.05, 0.1) is 107 Å². The second-order valence-corrected chi connectivity index (χ2v) is 22.9. The number of nitrogens with zero attached hydrogens (tertiary/aromatic N) is 8. The highest BCUT2D eigenvalue weighted by atomic mass is 16.3. The first-order chi connectivity index (χ1) is 33.2. The van der Waals surface area contributed by atoms with Crippen LogP contribution in [-0.2, 0) is 39.0 Å². The molecular formula is C59H76N8O4+4. The Morgan fingerprint density at radius 2 is 0.549 bits per heavy atom. The molecule has 0 fully saturated rings. The van der Waals surface area contributed by atoms with Crippen molar-refractivity contribution in [3.8, 4) is 23.0 Å². The van der Waals surface area contributed by atoms with E-state index in [1.807, 2.05) is 72.8 Å². The molecule has 12 heteroatoms. The third-order valence-electron chi connectivity index (χ3n) is 11.4. The highest BCUT2D eigenvalue weighted by molar-refractivity contribution is 5.91. The van der Waals surface area contributed by atoms with Crippen LogP contribution in [0, 0.1) is 0 Å². The van der Waals surface area contributed by atoms with E-state index in [1.165, 1.54) is 0 Å². The van der Waals surface area contributed by atoms with Gasteiger partial charge in [-0.25, -0.2) is 0 Å². The van der Waals surface area contributed by atoms with Gasteiger partial charge < -0.3 is 38.4 Å². The van der Waals surface area contributed by atoms with Crippen LogP contribution in [-0.4, -0.2) is 148 Å². The van der Waals surface area contributed by atoms with Crippen molar-refractivity contribution < 1.29 is 38.4 Å². The Morgan fingerprint density at radius 3 is 0.803 bits per heavy atom. The largest absolute Gasteiger partial charge is 0.507 e. The Bertz CT molecular complexity index is 2750. The van der Waals surface area contributed by atoms with Gasteiger partial charge in [-0.2, -0.15) is 0 Å². The fourth-order valence-corrected chi connectivity index (χ4v) is 8.34. The minimum atomic E-state index is 0.146. The van der Waals surface area contributed by atoms with Gasteiger partial charge in [-0.1, -0.05) is 12.1 Å². The molecule has 71 heavy (non-hydrogen) atoms. The van der Waals surface area contributed by atoms with Gasteiger partial charge in [0.2, 0.25) is 0 Å². The average Bonchev–Trinajstić information content (AvgIpc) is 3.26. The van der Waals surface area contributed by atoms with Crippen molar-refractivity contribution in [2.24, 2.45) is 20.0 Å². The zero-order valence-electron chi connectivity index (χ0n) is 44.0. The lowest BCUT2D eigenvalue weighted by atomic mass is 10.0. The number of benzene rings is 6. The Morgan fingerprint density at radius 1 is 0.310 bits per heavy atom. The maximum Gasteiger partial charge on any atom is 0.124 e. The molecule has 0 atom stereocenters. The van der Waals surface area contributed by atoms with E-state index < -0.39 is 0 Å². The quantitative estimate of drug-likeness (QED) is 0.0448. The topological polar surface area (TPSA) is 130 Å². The summed E-state index contributed by atoms with van der Waals surface area (Å²) in [5.74, 6) is 0.590. The van der Waals surface area contributed by atoms with E-state index in [1.54, 1.807) is 49.1 Å². The predicted molar refractivity (Wildman–Crippen MR) is 293 cm³/mol. The molecule has 0 saturated heterocycles. The normalized spacial score (nSPS) is 12.9. The SMILES string of the molecule is C[N+](C)(C)Cc1ccc(O)c(C=Nc2ccc(CCCc3ccc(N=Cc4cc(C[N+](C)(C)C)ccc4O)c(N=Cc4cc(C[N+](C)(C)C)ccc4O)c3)cc2N=Cc2cc(C[N+](C)(C)C)ccc2O)c1. The molecule has 0 spiro atoms. The molecule has 0 aliphatic rings. The summed E-state index contributed by atoms with van der Waals surface area (Å²) in [4.78, 5) is 19.6. The molecule has 6 rings (SSSR count). The second kappa shape index (κ2) is 22.4. The minimum absolute atomic E-state index is 0.146. The van der Waals surface area contributed by atoms with E-state index in [9.17, 15) is 20.4 Å². The summed E-state index contributed by atoms with van der Waals surface area (Å²) >= 11 is 0. The Kier molecular flexibility index (Phi) is 16.9. The number of phenolic OH excluding ortho intramolecular Hbond substituents is 4. The molecule has 0 radical (unpaired) electrons. The van der Waals surface area contributed by atoms with Crippen LogP contribution in [0.5, 0.6) is 23.0 Å². The maximum absolute atomic E-state index is 10.9. The van der Waals surface area contributed by atoms with Crippen LogP contribution in [0.15, 0.2) is 129 Å². The Hall–Kier alpha value is -6.96. The van der Waals surface area contributed by atoms with Crippen LogP contribution in [0.25, 0.3) is 0 Å². The van der Waals surface area contributed by atoms with Crippen molar-refractivity contribution in [3.63, 3.8) is 0 Å². The first-order valence-corrected chi connectivity index (χ1v) is 24.2. The number of quaternary nitrogens is 4. The van der Waals surface area contributed by atoms with Gasteiger partial charge in [-0.15, -0.1) is 0 Å². The summed E-state index contributed by atoms with van der Waals surface area (Å²) < 4.78 is 2.98. The highest BCUT2D eigenvalue weighted by Crippen LogP contribution is 2.34. The van der Waals surface area contributed by atoms with Crippen LogP contribution < -0.4 is 0 Å². The van der Waals surface area contributed by atoms with Crippen molar-refractivity contribution in [1.29, 1.82) is 0 Å². The summed E-state index contributed by atoms with van der Waals surface area (Å²) in [5.41, 5.74) is 11.5. The Balaban J connectivity index is 1.30. The fourth-order valence-electron chi connectivity index (χ4n) is 8.34. The number of aromatic hydroxyl groups is 4. The van der Waals surface area contributed by atoms with Crippen LogP contribution >= 0.6 is 0 Å². The Labute approximate surface area is 422 Å². The van der Waals surface area contributed by atoms with Crippen LogP contribution in [0.3, 0.4) is 0 Å².